The predicted octanol–water partition coefficient (Wildman–Crippen LogP) is 3.17. The number of aromatic hydroxyl groups is 1. The van der Waals surface area contributed by atoms with Gasteiger partial charge in [0.1, 0.15) is 0 Å². The molecule has 0 fully saturated rings. The van der Waals surface area contributed by atoms with Gasteiger partial charge in [-0.2, -0.15) is 0 Å². The number of phenolic OH excluding ortho intramolecular Hbond substituents is 1. The highest BCUT2D eigenvalue weighted by molar-refractivity contribution is 9.10. The molecule has 0 unspecified atom stereocenters. The van der Waals surface area contributed by atoms with Gasteiger partial charge < -0.3 is 9.84 Å². The highest BCUT2D eigenvalue weighted by atomic mass is 79.9. The molecule has 0 radical (unpaired) electrons. The summed E-state index contributed by atoms with van der Waals surface area (Å²) in [5.74, 6) is -1.02. The van der Waals surface area contributed by atoms with E-state index < -0.39 is 33.9 Å². The second-order valence-corrected chi connectivity index (χ2v) is 9.28. The largest absolute Gasteiger partial charge is 0.502 e. The minimum absolute atomic E-state index is 0.173. The summed E-state index contributed by atoms with van der Waals surface area (Å²) in [6, 6.07) is 10.4. The van der Waals surface area contributed by atoms with Gasteiger partial charge in [-0.1, -0.05) is 45.5 Å². The van der Waals surface area contributed by atoms with Gasteiger partial charge in [-0.3, -0.25) is 19.5 Å². The molecule has 0 spiro atoms. The van der Waals surface area contributed by atoms with Crippen molar-refractivity contribution in [3.8, 4) is 5.75 Å². The van der Waals surface area contributed by atoms with E-state index in [-0.39, 0.29) is 16.7 Å². The monoisotopic (exact) mass is 543 g/mol. The Labute approximate surface area is 205 Å². The van der Waals surface area contributed by atoms with E-state index >= 15 is 0 Å². The fourth-order valence-corrected chi connectivity index (χ4v) is 4.99. The van der Waals surface area contributed by atoms with Crippen molar-refractivity contribution in [3.05, 3.63) is 99.1 Å². The summed E-state index contributed by atoms with van der Waals surface area (Å²) in [5, 5.41) is 20.9. The Morgan fingerprint density at radius 3 is 2.68 bits per heavy atom. The quantitative estimate of drug-likeness (QED) is 0.299. The third kappa shape index (κ3) is 4.31. The van der Waals surface area contributed by atoms with Gasteiger partial charge in [0.05, 0.1) is 33.4 Å². The third-order valence-corrected chi connectivity index (χ3v) is 6.71. The van der Waals surface area contributed by atoms with Crippen LogP contribution in [0, 0.1) is 10.1 Å². The smallest absolute Gasteiger partial charge is 0.338 e. The van der Waals surface area contributed by atoms with Gasteiger partial charge in [-0.25, -0.2) is 9.79 Å². The summed E-state index contributed by atoms with van der Waals surface area (Å²) < 4.78 is 7.82. The maximum Gasteiger partial charge on any atom is 0.338 e. The molecule has 2 heterocycles. The van der Waals surface area contributed by atoms with Crippen molar-refractivity contribution < 1.29 is 19.6 Å². The Kier molecular flexibility index (Phi) is 6.49. The Morgan fingerprint density at radius 1 is 1.32 bits per heavy atom. The maximum absolute atomic E-state index is 13.5. The van der Waals surface area contributed by atoms with Gasteiger partial charge in [0.25, 0.3) is 5.56 Å². The minimum atomic E-state index is -0.750. The second-order valence-electron chi connectivity index (χ2n) is 7.36. The molecule has 1 N–H and O–H groups in total. The van der Waals surface area contributed by atoms with Gasteiger partial charge in [0.2, 0.25) is 0 Å². The van der Waals surface area contributed by atoms with Crippen LogP contribution in [0.1, 0.15) is 31.0 Å². The van der Waals surface area contributed by atoms with Crippen LogP contribution in [0.4, 0.5) is 5.69 Å². The summed E-state index contributed by atoms with van der Waals surface area (Å²) >= 11 is 4.51. The number of halogens is 1. The number of nitro benzene ring substituents is 1. The summed E-state index contributed by atoms with van der Waals surface area (Å²) in [4.78, 5) is 41.7. The van der Waals surface area contributed by atoms with Crippen molar-refractivity contribution in [1.82, 2.24) is 4.57 Å². The van der Waals surface area contributed by atoms with E-state index in [2.05, 4.69) is 20.9 Å². The normalized spacial score (nSPS) is 15.6. The number of ether oxygens (including phenoxy) is 1. The number of benzene rings is 2. The average Bonchev–Trinajstić information content (AvgIpc) is 3.09. The van der Waals surface area contributed by atoms with E-state index in [1.54, 1.807) is 13.8 Å². The van der Waals surface area contributed by atoms with Crippen molar-refractivity contribution in [1.29, 1.82) is 0 Å². The highest BCUT2D eigenvalue weighted by Crippen LogP contribution is 2.31. The molecule has 0 amide bonds. The van der Waals surface area contributed by atoms with Crippen molar-refractivity contribution in [2.24, 2.45) is 4.99 Å². The standard InChI is InChI=1S/C23H18BrN3O6S/c1-3-33-22(30)19-12(2)25-23-26(20(19)14-5-7-15(24)8-6-14)21(29)18(34-23)11-13-4-9-17(28)16(10-13)27(31)32/h4-11,20,28H,3H2,1-2H3/b18-11-/t20-/m0/s1. The lowest BCUT2D eigenvalue weighted by Gasteiger charge is -2.24. The van der Waals surface area contributed by atoms with Crippen molar-refractivity contribution in [3.63, 3.8) is 0 Å². The number of hydrogen-bond donors (Lipinski definition) is 1. The lowest BCUT2D eigenvalue weighted by Crippen LogP contribution is -2.39. The van der Waals surface area contributed by atoms with Crippen molar-refractivity contribution in [2.75, 3.05) is 6.61 Å². The van der Waals surface area contributed by atoms with Crippen LogP contribution in [0.5, 0.6) is 5.75 Å². The van der Waals surface area contributed by atoms with E-state index in [1.807, 2.05) is 24.3 Å². The van der Waals surface area contributed by atoms with Gasteiger partial charge in [0, 0.05) is 10.5 Å². The van der Waals surface area contributed by atoms with Crippen LogP contribution in [0.2, 0.25) is 0 Å². The van der Waals surface area contributed by atoms with Crippen LogP contribution in [0.25, 0.3) is 6.08 Å². The number of rotatable bonds is 5. The highest BCUT2D eigenvalue weighted by Gasteiger charge is 2.33. The molecule has 1 aliphatic heterocycles. The molecule has 174 valence electrons. The van der Waals surface area contributed by atoms with Crippen LogP contribution in [-0.4, -0.2) is 27.2 Å². The second kappa shape index (κ2) is 9.35. The maximum atomic E-state index is 13.5. The average molecular weight is 544 g/mol. The Morgan fingerprint density at radius 2 is 2.03 bits per heavy atom. The van der Waals surface area contributed by atoms with E-state index in [9.17, 15) is 24.8 Å². The summed E-state index contributed by atoms with van der Waals surface area (Å²) in [7, 11) is 0. The molecular weight excluding hydrogens is 526 g/mol. The molecule has 0 saturated heterocycles. The molecule has 9 nitrogen and oxygen atoms in total. The number of esters is 1. The lowest BCUT2D eigenvalue weighted by molar-refractivity contribution is -0.385. The van der Waals surface area contributed by atoms with E-state index in [4.69, 9.17) is 4.74 Å². The predicted molar refractivity (Wildman–Crippen MR) is 129 cm³/mol. The molecule has 34 heavy (non-hydrogen) atoms. The molecule has 11 heteroatoms. The first-order valence-corrected chi connectivity index (χ1v) is 11.7. The molecular formula is C23H18BrN3O6S. The number of nitro groups is 1. The third-order valence-electron chi connectivity index (χ3n) is 5.20. The van der Waals surface area contributed by atoms with Crippen LogP contribution >= 0.6 is 27.3 Å². The van der Waals surface area contributed by atoms with Gasteiger partial charge >= 0.3 is 11.7 Å². The van der Waals surface area contributed by atoms with Crippen LogP contribution in [0.3, 0.4) is 0 Å². The Balaban J connectivity index is 1.94. The number of hydrogen-bond acceptors (Lipinski definition) is 8. The van der Waals surface area contributed by atoms with E-state index in [1.165, 1.54) is 28.8 Å². The number of carbonyl (C=O) groups excluding carboxylic acids is 1. The summed E-state index contributed by atoms with van der Waals surface area (Å²) in [6.45, 7) is 3.57. The first kappa shape index (κ1) is 23.6. The Bertz CT molecular complexity index is 1520. The van der Waals surface area contributed by atoms with Gasteiger partial charge in [-0.15, -0.1) is 0 Å². The summed E-state index contributed by atoms with van der Waals surface area (Å²) in [5.41, 5.74) is 0.920. The molecule has 1 aromatic heterocycles. The molecule has 0 bridgehead atoms. The number of carbonyl (C=O) groups is 1. The van der Waals surface area contributed by atoms with Gasteiger partial charge in [0.15, 0.2) is 10.6 Å². The molecule has 0 saturated carbocycles. The van der Waals surface area contributed by atoms with Crippen LogP contribution in [-0.2, 0) is 9.53 Å². The molecule has 1 aliphatic rings. The molecule has 4 rings (SSSR count). The van der Waals surface area contributed by atoms with Gasteiger partial charge in [-0.05, 0) is 49.2 Å². The van der Waals surface area contributed by atoms with Crippen molar-refractivity contribution in [2.45, 2.75) is 19.9 Å². The lowest BCUT2D eigenvalue weighted by atomic mass is 9.96. The number of aromatic nitrogens is 1. The number of phenols is 1. The van der Waals surface area contributed by atoms with Crippen LogP contribution in [0.15, 0.2) is 68.0 Å². The molecule has 0 aliphatic carbocycles. The molecule has 3 aromatic rings. The SMILES string of the molecule is CCOC(=O)C1=C(C)N=c2s/c(=C\c3ccc(O)c([N+](=O)[O-])c3)c(=O)n2[C@H]1c1ccc(Br)cc1. The Hall–Kier alpha value is -3.57. The minimum Gasteiger partial charge on any atom is -0.502 e. The molecule has 2 aromatic carbocycles. The number of nitrogens with zero attached hydrogens (tertiary/aromatic N) is 3. The first-order chi connectivity index (χ1) is 16.2. The molecule has 1 atom stereocenters. The number of fused-ring (bicyclic) bond motifs is 1. The fourth-order valence-electron chi connectivity index (χ4n) is 3.68. The zero-order valence-electron chi connectivity index (χ0n) is 18.0. The zero-order valence-corrected chi connectivity index (χ0v) is 20.4. The fraction of sp³-hybridized carbons (Fsp3) is 0.174. The zero-order chi connectivity index (χ0) is 24.6. The number of allylic oxidation sites excluding steroid dienone is 1. The van der Waals surface area contributed by atoms with Crippen molar-refractivity contribution >= 4 is 45.0 Å². The topological polar surface area (TPSA) is 124 Å². The van der Waals surface area contributed by atoms with Crippen LogP contribution < -0.4 is 14.9 Å². The summed E-state index contributed by atoms with van der Waals surface area (Å²) in [6.07, 6.45) is 1.50. The number of thiazole rings is 1. The first-order valence-electron chi connectivity index (χ1n) is 10.1. The van der Waals surface area contributed by atoms with E-state index in [0.29, 0.717) is 21.6 Å². The van der Waals surface area contributed by atoms with E-state index in [0.717, 1.165) is 15.8 Å².